The van der Waals surface area contributed by atoms with Gasteiger partial charge in [0.15, 0.2) is 0 Å². The van der Waals surface area contributed by atoms with Gasteiger partial charge < -0.3 is 11.5 Å². The Hall–Kier alpha value is -0.0800. The summed E-state index contributed by atoms with van der Waals surface area (Å²) in [6.07, 6.45) is 7.91. The predicted octanol–water partition coefficient (Wildman–Crippen LogP) is 2.27. The van der Waals surface area contributed by atoms with E-state index in [2.05, 4.69) is 13.8 Å². The highest BCUT2D eigenvalue weighted by Gasteiger charge is 2.79. The van der Waals surface area contributed by atoms with Crippen LogP contribution in [0.1, 0.15) is 52.4 Å². The first kappa shape index (κ1) is 10.7. The van der Waals surface area contributed by atoms with E-state index in [1.54, 1.807) is 0 Å². The number of rotatable bonds is 0. The maximum absolute atomic E-state index is 7.08. The van der Waals surface area contributed by atoms with Crippen LogP contribution in [0.15, 0.2) is 0 Å². The quantitative estimate of drug-likeness (QED) is 0.689. The lowest BCUT2D eigenvalue weighted by Crippen LogP contribution is -2.85. The van der Waals surface area contributed by atoms with Crippen molar-refractivity contribution in [1.82, 2.24) is 0 Å². The molecule has 7 saturated carbocycles. The van der Waals surface area contributed by atoms with E-state index in [9.17, 15) is 0 Å². The molecule has 18 heavy (non-hydrogen) atoms. The fraction of sp³-hybridized carbons (Fsp3) is 1.00. The summed E-state index contributed by atoms with van der Waals surface area (Å²) >= 11 is 0. The van der Waals surface area contributed by atoms with Crippen molar-refractivity contribution < 1.29 is 0 Å². The minimum Gasteiger partial charge on any atom is -0.325 e. The standard InChI is InChI=1S/C16H26N2/c1-13-7-15(17)6-11-10(13)3-9-4-12(13)16(18,8-15)14(11,2)5-9/h9-12H,3-8,17-18H2,1-2H3. The molecule has 0 heterocycles. The molecule has 100 valence electrons. The summed E-state index contributed by atoms with van der Waals surface area (Å²) in [6.45, 7) is 5.06. The van der Waals surface area contributed by atoms with Crippen LogP contribution in [0.25, 0.3) is 0 Å². The lowest BCUT2D eigenvalue weighted by molar-refractivity contribution is -0.300. The first-order valence-electron chi connectivity index (χ1n) is 7.89. The molecule has 8 atom stereocenters. The highest BCUT2D eigenvalue weighted by atomic mass is 15.0. The van der Waals surface area contributed by atoms with Gasteiger partial charge in [-0.3, -0.25) is 0 Å². The van der Waals surface area contributed by atoms with E-state index < -0.39 is 0 Å². The van der Waals surface area contributed by atoms with E-state index >= 15 is 0 Å². The maximum Gasteiger partial charge on any atom is 0.0263 e. The minimum absolute atomic E-state index is 0.0606. The second-order valence-corrected chi connectivity index (χ2v) is 9.19. The Morgan fingerprint density at radius 1 is 0.944 bits per heavy atom. The fourth-order valence-corrected chi connectivity index (χ4v) is 8.24. The van der Waals surface area contributed by atoms with Crippen molar-refractivity contribution in [3.05, 3.63) is 0 Å². The van der Waals surface area contributed by atoms with Crippen molar-refractivity contribution in [2.45, 2.75) is 63.5 Å². The molecule has 7 aliphatic rings. The summed E-state index contributed by atoms with van der Waals surface area (Å²) in [7, 11) is 0. The van der Waals surface area contributed by atoms with E-state index in [0.29, 0.717) is 10.8 Å². The molecule has 7 fully saturated rings. The van der Waals surface area contributed by atoms with Gasteiger partial charge in [0.2, 0.25) is 0 Å². The van der Waals surface area contributed by atoms with E-state index in [4.69, 9.17) is 11.5 Å². The average molecular weight is 246 g/mol. The Morgan fingerprint density at radius 3 is 2.50 bits per heavy atom. The molecule has 0 radical (unpaired) electrons. The Labute approximate surface area is 110 Å². The monoisotopic (exact) mass is 246 g/mol. The molecule has 8 unspecified atom stereocenters. The van der Waals surface area contributed by atoms with Crippen LogP contribution in [-0.4, -0.2) is 11.1 Å². The zero-order valence-electron chi connectivity index (χ0n) is 11.7. The SMILES string of the molecule is CC12CC3(N)CC4C1CC1CC2C(N)(C3)C4(C)C1. The smallest absolute Gasteiger partial charge is 0.0263 e. The van der Waals surface area contributed by atoms with Crippen molar-refractivity contribution in [3.8, 4) is 0 Å². The van der Waals surface area contributed by atoms with Gasteiger partial charge in [0, 0.05) is 11.1 Å². The van der Waals surface area contributed by atoms with Crippen molar-refractivity contribution >= 4 is 0 Å². The van der Waals surface area contributed by atoms with Crippen LogP contribution >= 0.6 is 0 Å². The second-order valence-electron chi connectivity index (χ2n) is 9.19. The van der Waals surface area contributed by atoms with Gasteiger partial charge in [0.05, 0.1) is 0 Å². The highest BCUT2D eigenvalue weighted by Crippen LogP contribution is 2.80. The van der Waals surface area contributed by atoms with Gasteiger partial charge in [-0.15, -0.1) is 0 Å². The molecule has 0 saturated heterocycles. The van der Waals surface area contributed by atoms with Crippen LogP contribution in [0.3, 0.4) is 0 Å². The Balaban J connectivity index is 1.80. The minimum atomic E-state index is 0.0606. The van der Waals surface area contributed by atoms with Gasteiger partial charge >= 0.3 is 0 Å². The Morgan fingerprint density at radius 2 is 1.72 bits per heavy atom. The first-order chi connectivity index (χ1) is 8.31. The molecule has 7 rings (SSSR count). The zero-order valence-corrected chi connectivity index (χ0v) is 11.7. The molecule has 0 aromatic heterocycles. The van der Waals surface area contributed by atoms with Crippen LogP contribution in [0, 0.1) is 34.5 Å². The Kier molecular flexibility index (Phi) is 1.45. The van der Waals surface area contributed by atoms with Crippen molar-refractivity contribution in [3.63, 3.8) is 0 Å². The van der Waals surface area contributed by atoms with E-state index in [-0.39, 0.29) is 11.1 Å². The summed E-state index contributed by atoms with van der Waals surface area (Å²) in [6, 6.07) is 0. The summed E-state index contributed by atoms with van der Waals surface area (Å²) in [5, 5.41) is 0. The summed E-state index contributed by atoms with van der Waals surface area (Å²) in [5.74, 6) is 3.51. The molecule has 4 N–H and O–H groups in total. The molecular weight excluding hydrogens is 220 g/mol. The lowest BCUT2D eigenvalue weighted by atomic mass is 9.24. The molecule has 2 heteroatoms. The normalized spacial score (nSPS) is 75.3. The van der Waals surface area contributed by atoms with Gasteiger partial charge in [0.25, 0.3) is 0 Å². The molecule has 0 aromatic rings. The van der Waals surface area contributed by atoms with Gasteiger partial charge in [0.1, 0.15) is 0 Å². The topological polar surface area (TPSA) is 52.0 Å². The van der Waals surface area contributed by atoms with Gasteiger partial charge in [-0.2, -0.15) is 0 Å². The van der Waals surface area contributed by atoms with Crippen LogP contribution in [0.2, 0.25) is 0 Å². The third-order valence-corrected chi connectivity index (χ3v) is 8.51. The highest BCUT2D eigenvalue weighted by molar-refractivity contribution is 5.32. The van der Waals surface area contributed by atoms with E-state index in [1.807, 2.05) is 0 Å². The summed E-state index contributed by atoms with van der Waals surface area (Å²) in [4.78, 5) is 0. The predicted molar refractivity (Wildman–Crippen MR) is 71.7 cm³/mol. The third kappa shape index (κ3) is 0.791. The molecule has 0 aromatic carbocycles. The average Bonchev–Trinajstić information content (AvgIpc) is 2.24. The molecule has 0 amide bonds. The summed E-state index contributed by atoms with van der Waals surface area (Å²) < 4.78 is 0. The van der Waals surface area contributed by atoms with E-state index in [1.165, 1.54) is 32.1 Å². The van der Waals surface area contributed by atoms with Crippen molar-refractivity contribution in [2.24, 2.45) is 46.0 Å². The fourth-order valence-electron chi connectivity index (χ4n) is 8.24. The second kappa shape index (κ2) is 2.44. The number of nitrogens with two attached hydrogens (primary N) is 2. The maximum atomic E-state index is 7.08. The third-order valence-electron chi connectivity index (χ3n) is 8.51. The molecule has 2 nitrogen and oxygen atoms in total. The van der Waals surface area contributed by atoms with E-state index in [0.717, 1.165) is 30.1 Å². The summed E-state index contributed by atoms with van der Waals surface area (Å²) in [5.41, 5.74) is 14.8. The van der Waals surface area contributed by atoms with Crippen LogP contribution < -0.4 is 11.5 Å². The van der Waals surface area contributed by atoms with Crippen LogP contribution in [0.4, 0.5) is 0 Å². The largest absolute Gasteiger partial charge is 0.325 e. The van der Waals surface area contributed by atoms with Gasteiger partial charge in [-0.1, -0.05) is 13.8 Å². The van der Waals surface area contributed by atoms with Crippen molar-refractivity contribution in [2.75, 3.05) is 0 Å². The van der Waals surface area contributed by atoms with Crippen molar-refractivity contribution in [1.29, 1.82) is 0 Å². The molecule has 0 spiro atoms. The van der Waals surface area contributed by atoms with Gasteiger partial charge in [-0.05, 0) is 73.0 Å². The molecule has 0 aliphatic heterocycles. The first-order valence-corrected chi connectivity index (χ1v) is 7.89. The molecule has 7 aliphatic carbocycles. The number of hydrogen-bond acceptors (Lipinski definition) is 2. The van der Waals surface area contributed by atoms with Crippen LogP contribution in [0.5, 0.6) is 0 Å². The number of hydrogen-bond donors (Lipinski definition) is 2. The lowest BCUT2D eigenvalue weighted by Gasteiger charge is -2.82. The van der Waals surface area contributed by atoms with Crippen LogP contribution in [-0.2, 0) is 0 Å². The molecular formula is C16H26N2. The molecule has 8 bridgehead atoms. The zero-order chi connectivity index (χ0) is 12.6. The van der Waals surface area contributed by atoms with Gasteiger partial charge in [-0.25, -0.2) is 0 Å². The Bertz CT molecular complexity index is 462.